The van der Waals surface area contributed by atoms with E-state index in [1.54, 1.807) is 0 Å². The van der Waals surface area contributed by atoms with E-state index in [2.05, 4.69) is 10.5 Å². The van der Waals surface area contributed by atoms with Crippen LogP contribution in [0.5, 0.6) is 5.75 Å². The number of primary amides is 1. The molecule has 0 atom stereocenters. The Morgan fingerprint density at radius 2 is 1.56 bits per heavy atom. The lowest BCUT2D eigenvalue weighted by Gasteiger charge is -2.00. The number of nitro groups is 2. The molecular formula is C7H5N3O6. The highest BCUT2D eigenvalue weighted by Gasteiger charge is 2.17. The highest BCUT2D eigenvalue weighted by atomic mass is 16.6. The van der Waals surface area contributed by atoms with Gasteiger partial charge in [-0.05, 0) is 0 Å². The van der Waals surface area contributed by atoms with Crippen molar-refractivity contribution in [3.8, 4) is 5.75 Å². The van der Waals surface area contributed by atoms with Crippen molar-refractivity contribution in [2.75, 3.05) is 0 Å². The van der Waals surface area contributed by atoms with Crippen molar-refractivity contribution in [3.63, 3.8) is 0 Å². The number of nitrogens with zero attached hydrogens (tertiary/aromatic N) is 2. The third-order valence-corrected chi connectivity index (χ3v) is 1.52. The predicted molar refractivity (Wildman–Crippen MR) is 50.0 cm³/mol. The second-order valence-corrected chi connectivity index (χ2v) is 2.62. The normalized spacial score (nSPS) is 9.50. The van der Waals surface area contributed by atoms with Crippen molar-refractivity contribution in [1.29, 1.82) is 0 Å². The van der Waals surface area contributed by atoms with Crippen LogP contribution in [0.4, 0.5) is 16.2 Å². The Morgan fingerprint density at radius 3 is 1.88 bits per heavy atom. The molecule has 16 heavy (non-hydrogen) atoms. The Bertz CT molecular complexity index is 439. The summed E-state index contributed by atoms with van der Waals surface area (Å²) < 4.78 is 4.33. The quantitative estimate of drug-likeness (QED) is 0.602. The third kappa shape index (κ3) is 2.64. The third-order valence-electron chi connectivity index (χ3n) is 1.52. The first-order valence-corrected chi connectivity index (χ1v) is 3.81. The minimum Gasteiger partial charge on any atom is -0.410 e. The summed E-state index contributed by atoms with van der Waals surface area (Å²) >= 11 is 0. The van der Waals surface area contributed by atoms with E-state index >= 15 is 0 Å². The zero-order chi connectivity index (χ0) is 12.3. The van der Waals surface area contributed by atoms with E-state index in [9.17, 15) is 25.0 Å². The second-order valence-electron chi connectivity index (χ2n) is 2.62. The van der Waals surface area contributed by atoms with Gasteiger partial charge in [0.1, 0.15) is 5.75 Å². The Morgan fingerprint density at radius 1 is 1.12 bits per heavy atom. The molecule has 0 unspecified atom stereocenters. The predicted octanol–water partition coefficient (Wildman–Crippen LogP) is 0.961. The van der Waals surface area contributed by atoms with Crippen LogP contribution in [0.2, 0.25) is 0 Å². The van der Waals surface area contributed by atoms with Gasteiger partial charge in [0.25, 0.3) is 11.4 Å². The summed E-state index contributed by atoms with van der Waals surface area (Å²) in [6, 6.07) is 2.46. The Balaban J connectivity index is 3.23. The van der Waals surface area contributed by atoms with Gasteiger partial charge in [-0.15, -0.1) is 0 Å². The summed E-state index contributed by atoms with van der Waals surface area (Å²) in [5.74, 6) is -0.353. The highest BCUT2D eigenvalue weighted by Crippen LogP contribution is 2.27. The molecule has 9 heteroatoms. The molecule has 1 amide bonds. The summed E-state index contributed by atoms with van der Waals surface area (Å²) in [5, 5.41) is 20.8. The maximum absolute atomic E-state index is 10.4. The molecule has 0 fully saturated rings. The van der Waals surface area contributed by atoms with Crippen molar-refractivity contribution in [2.24, 2.45) is 5.73 Å². The molecule has 1 aromatic rings. The molecule has 1 aromatic carbocycles. The lowest BCUT2D eigenvalue weighted by Crippen LogP contribution is -2.16. The molecule has 2 N–H and O–H groups in total. The van der Waals surface area contributed by atoms with Crippen LogP contribution in [-0.2, 0) is 0 Å². The molecular weight excluding hydrogens is 222 g/mol. The molecule has 0 saturated carbocycles. The number of nitro benzene ring substituents is 2. The van der Waals surface area contributed by atoms with Crippen LogP contribution in [0.25, 0.3) is 0 Å². The maximum Gasteiger partial charge on any atom is 0.409 e. The topological polar surface area (TPSA) is 139 Å². The first-order valence-electron chi connectivity index (χ1n) is 3.81. The Labute approximate surface area is 87.7 Å². The molecule has 0 aliphatic heterocycles. The van der Waals surface area contributed by atoms with Gasteiger partial charge in [-0.25, -0.2) is 4.79 Å². The summed E-state index contributed by atoms with van der Waals surface area (Å²) in [7, 11) is 0. The van der Waals surface area contributed by atoms with E-state index in [-0.39, 0.29) is 5.75 Å². The van der Waals surface area contributed by atoms with E-state index in [1.165, 1.54) is 0 Å². The van der Waals surface area contributed by atoms with Gasteiger partial charge >= 0.3 is 6.09 Å². The van der Waals surface area contributed by atoms with E-state index in [1.807, 2.05) is 0 Å². The van der Waals surface area contributed by atoms with Gasteiger partial charge in [0, 0.05) is 0 Å². The van der Waals surface area contributed by atoms with Crippen LogP contribution in [0.3, 0.4) is 0 Å². The molecule has 0 heterocycles. The summed E-state index contributed by atoms with van der Waals surface area (Å²) in [5.41, 5.74) is 3.55. The molecule has 0 aromatic heterocycles. The number of non-ortho nitro benzene ring substituents is 2. The van der Waals surface area contributed by atoms with Gasteiger partial charge in [-0.3, -0.25) is 20.2 Å². The number of ether oxygens (including phenoxy) is 1. The SMILES string of the molecule is NC(=O)Oc1cc([N+](=O)[O-])cc([N+](=O)[O-])c1. The van der Waals surface area contributed by atoms with Gasteiger partial charge in [0.15, 0.2) is 0 Å². The fraction of sp³-hybridized carbons (Fsp3) is 0. The summed E-state index contributed by atoms with van der Waals surface area (Å²) in [6.45, 7) is 0. The minimum atomic E-state index is -1.21. The fourth-order valence-electron chi connectivity index (χ4n) is 0.954. The van der Waals surface area contributed by atoms with Crippen LogP contribution in [-0.4, -0.2) is 15.9 Å². The molecule has 0 aliphatic carbocycles. The van der Waals surface area contributed by atoms with E-state index in [0.29, 0.717) is 0 Å². The second kappa shape index (κ2) is 4.21. The number of hydrogen-bond acceptors (Lipinski definition) is 6. The van der Waals surface area contributed by atoms with Gasteiger partial charge < -0.3 is 10.5 Å². The Kier molecular flexibility index (Phi) is 2.99. The maximum atomic E-state index is 10.4. The van der Waals surface area contributed by atoms with Crippen molar-refractivity contribution in [1.82, 2.24) is 0 Å². The number of rotatable bonds is 3. The van der Waals surface area contributed by atoms with E-state index in [0.717, 1.165) is 18.2 Å². The first-order chi connectivity index (χ1) is 7.40. The number of amides is 1. The molecule has 0 saturated heterocycles. The van der Waals surface area contributed by atoms with Crippen molar-refractivity contribution in [3.05, 3.63) is 38.4 Å². The average molecular weight is 227 g/mol. The van der Waals surface area contributed by atoms with Crippen LogP contribution in [0.1, 0.15) is 0 Å². The summed E-state index contributed by atoms with van der Waals surface area (Å²) in [4.78, 5) is 29.5. The van der Waals surface area contributed by atoms with E-state index < -0.39 is 27.3 Å². The number of benzene rings is 1. The molecule has 1 rings (SSSR count). The summed E-state index contributed by atoms with van der Waals surface area (Å²) in [6.07, 6.45) is -1.21. The molecule has 84 valence electrons. The van der Waals surface area contributed by atoms with Crippen LogP contribution >= 0.6 is 0 Å². The van der Waals surface area contributed by atoms with Gasteiger partial charge in [-0.1, -0.05) is 0 Å². The molecule has 0 bridgehead atoms. The lowest BCUT2D eigenvalue weighted by molar-refractivity contribution is -0.394. The smallest absolute Gasteiger partial charge is 0.409 e. The monoisotopic (exact) mass is 227 g/mol. The van der Waals surface area contributed by atoms with E-state index in [4.69, 9.17) is 0 Å². The fourth-order valence-corrected chi connectivity index (χ4v) is 0.954. The number of hydrogen-bond donors (Lipinski definition) is 1. The Hall–Kier alpha value is -2.71. The van der Waals surface area contributed by atoms with Gasteiger partial charge in [0.05, 0.1) is 28.0 Å². The largest absolute Gasteiger partial charge is 0.410 e. The highest BCUT2D eigenvalue weighted by molar-refractivity contribution is 5.69. The van der Waals surface area contributed by atoms with Gasteiger partial charge in [0.2, 0.25) is 0 Å². The average Bonchev–Trinajstić information content (AvgIpc) is 2.15. The number of nitrogens with two attached hydrogens (primary N) is 1. The van der Waals surface area contributed by atoms with Crippen molar-refractivity contribution >= 4 is 17.5 Å². The lowest BCUT2D eigenvalue weighted by atomic mass is 10.2. The minimum absolute atomic E-state index is 0.353. The first kappa shape index (κ1) is 11.4. The molecule has 0 aliphatic rings. The molecule has 0 radical (unpaired) electrons. The van der Waals surface area contributed by atoms with Crippen LogP contribution in [0.15, 0.2) is 18.2 Å². The zero-order valence-electron chi connectivity index (χ0n) is 7.65. The standard InChI is InChI=1S/C7H5N3O6/c8-7(11)16-6-2-4(9(12)13)1-5(3-6)10(14)15/h1-3H,(H2,8,11). The molecule has 9 nitrogen and oxygen atoms in total. The number of carbonyl (C=O) groups is 1. The van der Waals surface area contributed by atoms with Gasteiger partial charge in [-0.2, -0.15) is 0 Å². The van der Waals surface area contributed by atoms with Crippen molar-refractivity contribution < 1.29 is 19.4 Å². The van der Waals surface area contributed by atoms with Crippen LogP contribution in [0, 0.1) is 20.2 Å². The van der Waals surface area contributed by atoms with Crippen molar-refractivity contribution in [2.45, 2.75) is 0 Å². The van der Waals surface area contributed by atoms with Crippen LogP contribution < -0.4 is 10.5 Å². The number of carbonyl (C=O) groups excluding carboxylic acids is 1. The molecule has 0 spiro atoms. The zero-order valence-corrected chi connectivity index (χ0v) is 7.65.